The van der Waals surface area contributed by atoms with E-state index in [0.29, 0.717) is 0 Å². The van der Waals surface area contributed by atoms with Gasteiger partial charge in [-0.05, 0) is 18.6 Å². The number of nitrogens with one attached hydrogen (secondary N) is 1. The van der Waals surface area contributed by atoms with Gasteiger partial charge in [-0.2, -0.15) is 0 Å². The minimum atomic E-state index is -0.0800. The zero-order valence-corrected chi connectivity index (χ0v) is 8.53. The van der Waals surface area contributed by atoms with Crippen LogP contribution in [-0.2, 0) is 4.79 Å². The lowest BCUT2D eigenvalue weighted by Crippen LogP contribution is -2.47. The molecule has 76 valence electrons. The number of hydrogen-bond donors (Lipinski definition) is 1. The predicted molar refractivity (Wildman–Crippen MR) is 60.9 cm³/mol. The zero-order valence-electron chi connectivity index (χ0n) is 8.53. The summed E-state index contributed by atoms with van der Waals surface area (Å²) < 4.78 is 0. The summed E-state index contributed by atoms with van der Waals surface area (Å²) in [5, 5.41) is 2.93. The standard InChI is InChI=1S/C12H12N2O/c1-8-12(15)13-10-6-2-4-9-5-3-7-14(8)11(9)10/h2-6,8H,7H2,1H3,(H,13,15). The Balaban J connectivity index is 2.24. The molecule has 1 unspecified atom stereocenters. The predicted octanol–water partition coefficient (Wildman–Crippen LogP) is 1.86. The van der Waals surface area contributed by atoms with Gasteiger partial charge in [0.1, 0.15) is 6.04 Å². The van der Waals surface area contributed by atoms with Crippen LogP contribution in [0.4, 0.5) is 11.4 Å². The van der Waals surface area contributed by atoms with Crippen molar-refractivity contribution in [2.24, 2.45) is 0 Å². The molecule has 0 bridgehead atoms. The van der Waals surface area contributed by atoms with Crippen molar-refractivity contribution < 1.29 is 4.79 Å². The van der Waals surface area contributed by atoms with Gasteiger partial charge in [-0.3, -0.25) is 4.79 Å². The van der Waals surface area contributed by atoms with E-state index in [1.165, 1.54) is 5.56 Å². The maximum absolute atomic E-state index is 11.7. The van der Waals surface area contributed by atoms with Gasteiger partial charge >= 0.3 is 0 Å². The van der Waals surface area contributed by atoms with Gasteiger partial charge in [0.2, 0.25) is 5.91 Å². The Kier molecular flexibility index (Phi) is 1.63. The van der Waals surface area contributed by atoms with Gasteiger partial charge in [0.25, 0.3) is 0 Å². The monoisotopic (exact) mass is 200 g/mol. The number of rotatable bonds is 0. The quantitative estimate of drug-likeness (QED) is 0.693. The van der Waals surface area contributed by atoms with Gasteiger partial charge in [-0.1, -0.05) is 24.3 Å². The third-order valence-corrected chi connectivity index (χ3v) is 3.06. The molecule has 1 N–H and O–H groups in total. The fourth-order valence-electron chi connectivity index (χ4n) is 2.23. The van der Waals surface area contributed by atoms with Crippen molar-refractivity contribution in [1.82, 2.24) is 0 Å². The Bertz CT molecular complexity index is 465. The number of para-hydroxylation sites is 1. The van der Waals surface area contributed by atoms with Crippen LogP contribution in [0.2, 0.25) is 0 Å². The van der Waals surface area contributed by atoms with E-state index in [2.05, 4.69) is 28.4 Å². The average Bonchev–Trinajstić information content (AvgIpc) is 2.26. The molecule has 3 rings (SSSR count). The van der Waals surface area contributed by atoms with Gasteiger partial charge in [0.15, 0.2) is 0 Å². The fraction of sp³-hybridized carbons (Fsp3) is 0.250. The molecule has 1 aromatic rings. The lowest BCUT2D eigenvalue weighted by atomic mass is 10.0. The summed E-state index contributed by atoms with van der Waals surface area (Å²) in [5.74, 6) is 0.0787. The minimum absolute atomic E-state index is 0.0787. The number of amides is 1. The van der Waals surface area contributed by atoms with Gasteiger partial charge in [-0.25, -0.2) is 0 Å². The summed E-state index contributed by atoms with van der Waals surface area (Å²) in [4.78, 5) is 13.8. The molecule has 0 aliphatic carbocycles. The third-order valence-electron chi connectivity index (χ3n) is 3.06. The highest BCUT2D eigenvalue weighted by Gasteiger charge is 2.31. The van der Waals surface area contributed by atoms with Gasteiger partial charge in [-0.15, -0.1) is 0 Å². The van der Waals surface area contributed by atoms with E-state index in [1.54, 1.807) is 0 Å². The maximum atomic E-state index is 11.7. The Morgan fingerprint density at radius 2 is 2.33 bits per heavy atom. The van der Waals surface area contributed by atoms with Crippen molar-refractivity contribution in [2.75, 3.05) is 16.8 Å². The van der Waals surface area contributed by atoms with Crippen LogP contribution < -0.4 is 10.2 Å². The second-order valence-electron chi connectivity index (χ2n) is 3.96. The molecule has 1 atom stereocenters. The van der Waals surface area contributed by atoms with E-state index in [0.717, 1.165) is 17.9 Å². The van der Waals surface area contributed by atoms with E-state index in [1.807, 2.05) is 19.1 Å². The van der Waals surface area contributed by atoms with E-state index in [-0.39, 0.29) is 11.9 Å². The smallest absolute Gasteiger partial charge is 0.246 e. The van der Waals surface area contributed by atoms with Crippen molar-refractivity contribution in [3.8, 4) is 0 Å². The van der Waals surface area contributed by atoms with Crippen molar-refractivity contribution >= 4 is 23.4 Å². The second-order valence-corrected chi connectivity index (χ2v) is 3.96. The summed E-state index contributed by atoms with van der Waals surface area (Å²) >= 11 is 0. The number of nitrogens with zero attached hydrogens (tertiary/aromatic N) is 1. The molecule has 0 saturated heterocycles. The van der Waals surface area contributed by atoms with Crippen LogP contribution in [0, 0.1) is 0 Å². The first-order valence-electron chi connectivity index (χ1n) is 5.14. The first-order chi connectivity index (χ1) is 7.27. The molecule has 2 aliphatic rings. The number of carbonyl (C=O) groups excluding carboxylic acids is 1. The average molecular weight is 200 g/mol. The lowest BCUT2D eigenvalue weighted by Gasteiger charge is -2.38. The molecule has 0 radical (unpaired) electrons. The molecule has 3 heteroatoms. The number of anilines is 2. The molecule has 0 saturated carbocycles. The molecule has 2 heterocycles. The van der Waals surface area contributed by atoms with E-state index in [4.69, 9.17) is 0 Å². The largest absolute Gasteiger partial charge is 0.354 e. The van der Waals surface area contributed by atoms with E-state index >= 15 is 0 Å². The van der Waals surface area contributed by atoms with Gasteiger partial charge in [0, 0.05) is 6.54 Å². The number of benzene rings is 1. The maximum Gasteiger partial charge on any atom is 0.246 e. The second kappa shape index (κ2) is 2.86. The summed E-state index contributed by atoms with van der Waals surface area (Å²) in [6.07, 6.45) is 4.21. The molecule has 0 fully saturated rings. The van der Waals surface area contributed by atoms with Crippen LogP contribution in [0.5, 0.6) is 0 Å². The van der Waals surface area contributed by atoms with Gasteiger partial charge < -0.3 is 10.2 Å². The van der Waals surface area contributed by atoms with Crippen LogP contribution in [0.25, 0.3) is 6.08 Å². The molecule has 1 amide bonds. The van der Waals surface area contributed by atoms with Crippen LogP contribution >= 0.6 is 0 Å². The third kappa shape index (κ3) is 1.09. The SMILES string of the molecule is CC1C(=O)Nc2cccc3c2N1CC=C3. The van der Waals surface area contributed by atoms with Crippen molar-refractivity contribution in [3.63, 3.8) is 0 Å². The summed E-state index contributed by atoms with van der Waals surface area (Å²) in [6.45, 7) is 2.76. The fourth-order valence-corrected chi connectivity index (χ4v) is 2.23. The molecule has 2 aliphatic heterocycles. The highest BCUT2D eigenvalue weighted by atomic mass is 16.2. The zero-order chi connectivity index (χ0) is 10.4. The Morgan fingerprint density at radius 1 is 1.47 bits per heavy atom. The first kappa shape index (κ1) is 8.53. The highest BCUT2D eigenvalue weighted by molar-refractivity contribution is 6.05. The Morgan fingerprint density at radius 3 is 3.20 bits per heavy atom. The van der Waals surface area contributed by atoms with Crippen LogP contribution in [-0.4, -0.2) is 18.5 Å². The lowest BCUT2D eigenvalue weighted by molar-refractivity contribution is -0.117. The van der Waals surface area contributed by atoms with Gasteiger partial charge in [0.05, 0.1) is 11.4 Å². The Labute approximate surface area is 88.4 Å². The molecule has 0 spiro atoms. The molecular weight excluding hydrogens is 188 g/mol. The van der Waals surface area contributed by atoms with Crippen molar-refractivity contribution in [2.45, 2.75) is 13.0 Å². The van der Waals surface area contributed by atoms with E-state index in [9.17, 15) is 4.79 Å². The normalized spacial score (nSPS) is 22.3. The van der Waals surface area contributed by atoms with Crippen LogP contribution in [0.1, 0.15) is 12.5 Å². The van der Waals surface area contributed by atoms with Crippen molar-refractivity contribution in [3.05, 3.63) is 29.8 Å². The molecule has 1 aromatic carbocycles. The summed E-state index contributed by atoms with van der Waals surface area (Å²) in [7, 11) is 0. The van der Waals surface area contributed by atoms with Crippen LogP contribution in [0.3, 0.4) is 0 Å². The summed E-state index contributed by atoms with van der Waals surface area (Å²) in [5.41, 5.74) is 3.28. The minimum Gasteiger partial charge on any atom is -0.354 e. The van der Waals surface area contributed by atoms with Crippen molar-refractivity contribution in [1.29, 1.82) is 0 Å². The van der Waals surface area contributed by atoms with Crippen LogP contribution in [0.15, 0.2) is 24.3 Å². The topological polar surface area (TPSA) is 32.3 Å². The highest BCUT2D eigenvalue weighted by Crippen LogP contribution is 2.37. The summed E-state index contributed by atoms with van der Waals surface area (Å²) in [6, 6.07) is 5.92. The van der Waals surface area contributed by atoms with E-state index < -0.39 is 0 Å². The molecule has 0 aromatic heterocycles. The first-order valence-corrected chi connectivity index (χ1v) is 5.14. The number of carbonyl (C=O) groups is 1. The molecule has 3 nitrogen and oxygen atoms in total. The molecule has 15 heavy (non-hydrogen) atoms. The number of hydrogen-bond acceptors (Lipinski definition) is 2. The molecular formula is C12H12N2O. The Hall–Kier alpha value is -1.77.